The molecule has 0 amide bonds. The summed E-state index contributed by atoms with van der Waals surface area (Å²) in [4.78, 5) is 6.43. The largest absolute Gasteiger partial charge is 0.383 e. The van der Waals surface area contributed by atoms with Crippen molar-refractivity contribution in [2.45, 2.75) is 42.3 Å². The van der Waals surface area contributed by atoms with Crippen molar-refractivity contribution in [3.8, 4) is 0 Å². The van der Waals surface area contributed by atoms with Gasteiger partial charge in [0.25, 0.3) is 10.0 Å². The number of aromatic nitrogens is 2. The summed E-state index contributed by atoms with van der Waals surface area (Å²) in [5.41, 5.74) is 0.124. The molecule has 130 valence electrons. The molecule has 0 aliphatic carbocycles. The highest BCUT2D eigenvalue weighted by atomic mass is 32.2. The number of ether oxygens (including phenoxy) is 1. The fourth-order valence-electron chi connectivity index (χ4n) is 3.98. The number of hydrogen-bond donors (Lipinski definition) is 0. The molecule has 1 atom stereocenters. The molecule has 0 aromatic carbocycles. The van der Waals surface area contributed by atoms with Gasteiger partial charge < -0.3 is 9.30 Å². The molecule has 3 rings (SSSR count). The van der Waals surface area contributed by atoms with Crippen molar-refractivity contribution in [3.63, 3.8) is 0 Å². The Hall–Kier alpha value is -0.960. The second-order valence-corrected chi connectivity index (χ2v) is 8.65. The first-order valence-electron chi connectivity index (χ1n) is 8.09. The molecule has 0 saturated carbocycles. The van der Waals surface area contributed by atoms with Crippen molar-refractivity contribution in [3.05, 3.63) is 12.5 Å². The Morgan fingerprint density at radius 2 is 2.00 bits per heavy atom. The van der Waals surface area contributed by atoms with Crippen molar-refractivity contribution < 1.29 is 13.2 Å². The standard InChI is InChI=1S/C15H26N4O3S/c1-17-10-14(16-12-17)23(20,21)19-8-6-15(7-9-19)5-4-13(11-22-3)18(15)2/h10,12-13H,4-9,11H2,1-3H3. The molecule has 2 saturated heterocycles. The Kier molecular flexibility index (Phi) is 4.52. The van der Waals surface area contributed by atoms with Crippen LogP contribution >= 0.6 is 0 Å². The molecule has 7 nitrogen and oxygen atoms in total. The molecule has 1 aromatic rings. The van der Waals surface area contributed by atoms with Gasteiger partial charge in [0.2, 0.25) is 0 Å². The highest BCUT2D eigenvalue weighted by molar-refractivity contribution is 7.89. The van der Waals surface area contributed by atoms with Gasteiger partial charge in [-0.05, 0) is 32.7 Å². The molecule has 2 aliphatic rings. The van der Waals surface area contributed by atoms with Gasteiger partial charge >= 0.3 is 0 Å². The minimum absolute atomic E-state index is 0.124. The predicted molar refractivity (Wildman–Crippen MR) is 86.6 cm³/mol. The van der Waals surface area contributed by atoms with Crippen LogP contribution in [0.15, 0.2) is 17.6 Å². The van der Waals surface area contributed by atoms with Crippen molar-refractivity contribution in [2.24, 2.45) is 7.05 Å². The number of aryl methyl sites for hydroxylation is 1. The second-order valence-electron chi connectivity index (χ2n) is 6.76. The molecule has 23 heavy (non-hydrogen) atoms. The third kappa shape index (κ3) is 2.93. The second kappa shape index (κ2) is 6.16. The highest BCUT2D eigenvalue weighted by Crippen LogP contribution is 2.41. The van der Waals surface area contributed by atoms with E-state index in [9.17, 15) is 8.42 Å². The zero-order chi connectivity index (χ0) is 16.7. The van der Waals surface area contributed by atoms with Gasteiger partial charge in [0.15, 0.2) is 5.03 Å². The Balaban J connectivity index is 1.69. The first-order chi connectivity index (χ1) is 10.9. The molecular formula is C15H26N4O3S. The Bertz CT molecular complexity index is 649. The number of hydrogen-bond acceptors (Lipinski definition) is 5. The molecule has 1 spiro atoms. The third-order valence-electron chi connectivity index (χ3n) is 5.54. The molecule has 1 aromatic heterocycles. The summed E-state index contributed by atoms with van der Waals surface area (Å²) in [5.74, 6) is 0. The van der Waals surface area contributed by atoms with Gasteiger partial charge in [-0.2, -0.15) is 4.31 Å². The third-order valence-corrected chi connectivity index (χ3v) is 7.32. The maximum Gasteiger partial charge on any atom is 0.262 e. The number of nitrogens with zero attached hydrogens (tertiary/aromatic N) is 4. The van der Waals surface area contributed by atoms with Gasteiger partial charge in [-0.25, -0.2) is 13.4 Å². The van der Waals surface area contributed by atoms with E-state index in [0.717, 1.165) is 32.3 Å². The van der Waals surface area contributed by atoms with Gasteiger partial charge in [0, 0.05) is 45.0 Å². The molecular weight excluding hydrogens is 316 g/mol. The van der Waals surface area contributed by atoms with Crippen LogP contribution in [0.2, 0.25) is 0 Å². The monoisotopic (exact) mass is 342 g/mol. The molecule has 1 unspecified atom stereocenters. The summed E-state index contributed by atoms with van der Waals surface area (Å²) in [6.45, 7) is 1.86. The topological polar surface area (TPSA) is 67.7 Å². The number of rotatable bonds is 4. The van der Waals surface area contributed by atoms with Crippen LogP contribution in [-0.4, -0.2) is 72.6 Å². The molecule has 2 fully saturated rings. The van der Waals surface area contributed by atoms with Gasteiger partial charge in [-0.15, -0.1) is 0 Å². The van der Waals surface area contributed by atoms with Gasteiger partial charge in [0.1, 0.15) is 0 Å². The van der Waals surface area contributed by atoms with E-state index in [0.29, 0.717) is 19.1 Å². The molecule has 8 heteroatoms. The summed E-state index contributed by atoms with van der Waals surface area (Å²) < 4.78 is 33.9. The van der Waals surface area contributed by atoms with Crippen LogP contribution in [-0.2, 0) is 21.8 Å². The maximum atomic E-state index is 12.7. The summed E-state index contributed by atoms with van der Waals surface area (Å²) in [5, 5.41) is 0.146. The number of likely N-dealkylation sites (tertiary alicyclic amines) is 1. The van der Waals surface area contributed by atoms with Crippen molar-refractivity contribution in [1.29, 1.82) is 0 Å². The number of methoxy groups -OCH3 is 1. The van der Waals surface area contributed by atoms with E-state index in [4.69, 9.17) is 4.74 Å². The lowest BCUT2D eigenvalue weighted by atomic mass is 9.86. The first-order valence-corrected chi connectivity index (χ1v) is 9.53. The normalized spacial score (nSPS) is 26.1. The van der Waals surface area contributed by atoms with Crippen LogP contribution in [0, 0.1) is 0 Å². The molecule has 3 heterocycles. The SMILES string of the molecule is COCC1CCC2(CCN(S(=O)(=O)c3cn(C)cn3)CC2)N1C. The molecule has 0 bridgehead atoms. The van der Waals surface area contributed by atoms with Gasteiger partial charge in [0.05, 0.1) is 12.9 Å². The van der Waals surface area contributed by atoms with Crippen LogP contribution in [0.25, 0.3) is 0 Å². The minimum Gasteiger partial charge on any atom is -0.383 e. The molecule has 0 N–H and O–H groups in total. The predicted octanol–water partition coefficient (Wildman–Crippen LogP) is 0.684. The van der Waals surface area contributed by atoms with E-state index in [1.54, 1.807) is 29.2 Å². The van der Waals surface area contributed by atoms with E-state index in [1.165, 1.54) is 6.33 Å². The first kappa shape index (κ1) is 16.9. The fraction of sp³-hybridized carbons (Fsp3) is 0.800. The summed E-state index contributed by atoms with van der Waals surface area (Å²) in [6.07, 6.45) is 7.08. The van der Waals surface area contributed by atoms with E-state index < -0.39 is 10.0 Å². The van der Waals surface area contributed by atoms with E-state index in [-0.39, 0.29) is 10.6 Å². The zero-order valence-electron chi connectivity index (χ0n) is 14.1. The maximum absolute atomic E-state index is 12.7. The van der Waals surface area contributed by atoms with Crippen LogP contribution in [0.4, 0.5) is 0 Å². The van der Waals surface area contributed by atoms with E-state index in [1.807, 2.05) is 0 Å². The fourth-order valence-corrected chi connectivity index (χ4v) is 5.39. The average molecular weight is 342 g/mol. The van der Waals surface area contributed by atoms with Crippen molar-refractivity contribution >= 4 is 10.0 Å². The smallest absolute Gasteiger partial charge is 0.262 e. The van der Waals surface area contributed by atoms with E-state index >= 15 is 0 Å². The number of sulfonamides is 1. The average Bonchev–Trinajstić information content (AvgIpc) is 3.09. The lowest BCUT2D eigenvalue weighted by molar-refractivity contribution is 0.0454. The number of likely N-dealkylation sites (N-methyl/N-ethyl adjacent to an activating group) is 1. The zero-order valence-corrected chi connectivity index (χ0v) is 14.9. The molecule has 2 aliphatic heterocycles. The Morgan fingerprint density at radius 1 is 1.30 bits per heavy atom. The molecule has 0 radical (unpaired) electrons. The van der Waals surface area contributed by atoms with Crippen LogP contribution < -0.4 is 0 Å². The minimum atomic E-state index is -3.47. The van der Waals surface area contributed by atoms with Crippen LogP contribution in [0.3, 0.4) is 0 Å². The van der Waals surface area contributed by atoms with Crippen molar-refractivity contribution in [2.75, 3.05) is 33.9 Å². The van der Waals surface area contributed by atoms with E-state index in [2.05, 4.69) is 16.9 Å². The summed E-state index contributed by atoms with van der Waals surface area (Å²) in [6, 6.07) is 0.443. The van der Waals surface area contributed by atoms with Crippen molar-refractivity contribution in [1.82, 2.24) is 18.8 Å². The lowest BCUT2D eigenvalue weighted by Gasteiger charge is -2.44. The number of piperidine rings is 1. The Morgan fingerprint density at radius 3 is 2.57 bits per heavy atom. The van der Waals surface area contributed by atoms with Gasteiger partial charge in [-0.1, -0.05) is 0 Å². The Labute approximate surface area is 138 Å². The van der Waals surface area contributed by atoms with Gasteiger partial charge in [-0.3, -0.25) is 4.90 Å². The number of imidazole rings is 1. The highest BCUT2D eigenvalue weighted by Gasteiger charge is 2.47. The summed E-state index contributed by atoms with van der Waals surface area (Å²) in [7, 11) is 2.20. The van der Waals surface area contributed by atoms with Crippen LogP contribution in [0.1, 0.15) is 25.7 Å². The van der Waals surface area contributed by atoms with Crippen LogP contribution in [0.5, 0.6) is 0 Å². The quantitative estimate of drug-likeness (QED) is 0.805. The summed E-state index contributed by atoms with van der Waals surface area (Å²) >= 11 is 0. The lowest BCUT2D eigenvalue weighted by Crippen LogP contribution is -2.53.